The first kappa shape index (κ1) is 19.2. The van der Waals surface area contributed by atoms with Crippen LogP contribution in [0.5, 0.6) is 0 Å². The van der Waals surface area contributed by atoms with Crippen molar-refractivity contribution >= 4 is 11.6 Å². The van der Waals surface area contributed by atoms with Crippen LogP contribution in [0, 0.1) is 6.92 Å². The summed E-state index contributed by atoms with van der Waals surface area (Å²) >= 11 is 0. The number of nitrogens with one attached hydrogen (secondary N) is 1. The Morgan fingerprint density at radius 2 is 1.67 bits per heavy atom. The van der Waals surface area contributed by atoms with Gasteiger partial charge in [0.1, 0.15) is 0 Å². The summed E-state index contributed by atoms with van der Waals surface area (Å²) in [7, 11) is 0. The molecule has 0 atom stereocenters. The standard InChI is InChI=1S/C21H27N5O/c1-17-3-5-19(6-4-17)15-25-11-13-26(14-12-25)16-21(27)24-23-18(2)20-7-9-22-10-8-20/h3-10H,11-16H2,1-2H3,(H,24,27)/b23-18-. The number of hydrogen-bond donors (Lipinski definition) is 1. The van der Waals surface area contributed by atoms with Crippen molar-refractivity contribution in [2.24, 2.45) is 5.10 Å². The summed E-state index contributed by atoms with van der Waals surface area (Å²) in [6.45, 7) is 9.07. The molecule has 6 heteroatoms. The third kappa shape index (κ3) is 5.98. The summed E-state index contributed by atoms with van der Waals surface area (Å²) in [6.07, 6.45) is 3.43. The summed E-state index contributed by atoms with van der Waals surface area (Å²) in [5, 5.41) is 4.19. The van der Waals surface area contributed by atoms with Gasteiger partial charge in [0.15, 0.2) is 0 Å². The molecular formula is C21H27N5O. The maximum Gasteiger partial charge on any atom is 0.254 e. The zero-order chi connectivity index (χ0) is 19.1. The fourth-order valence-electron chi connectivity index (χ4n) is 3.10. The quantitative estimate of drug-likeness (QED) is 0.629. The van der Waals surface area contributed by atoms with Crippen LogP contribution in [-0.2, 0) is 11.3 Å². The van der Waals surface area contributed by atoms with E-state index >= 15 is 0 Å². The molecule has 0 unspecified atom stereocenters. The lowest BCUT2D eigenvalue weighted by atomic mass is 10.1. The third-order valence-electron chi connectivity index (χ3n) is 4.81. The van der Waals surface area contributed by atoms with Crippen molar-refractivity contribution in [1.29, 1.82) is 0 Å². The van der Waals surface area contributed by atoms with E-state index in [2.05, 4.69) is 56.5 Å². The molecule has 27 heavy (non-hydrogen) atoms. The van der Waals surface area contributed by atoms with Crippen molar-refractivity contribution in [3.8, 4) is 0 Å². The van der Waals surface area contributed by atoms with E-state index in [4.69, 9.17) is 0 Å². The van der Waals surface area contributed by atoms with Crippen LogP contribution in [0.2, 0.25) is 0 Å². The largest absolute Gasteiger partial charge is 0.297 e. The predicted molar refractivity (Wildman–Crippen MR) is 107 cm³/mol. The first-order valence-corrected chi connectivity index (χ1v) is 9.34. The SMILES string of the molecule is C/C(=N/NC(=O)CN1CCN(Cc2ccc(C)cc2)CC1)c1ccncc1. The fraction of sp³-hybridized carbons (Fsp3) is 0.381. The van der Waals surface area contributed by atoms with Gasteiger partial charge in [-0.2, -0.15) is 5.10 Å². The second-order valence-corrected chi connectivity index (χ2v) is 7.01. The van der Waals surface area contributed by atoms with Crippen LogP contribution in [0.25, 0.3) is 0 Å². The number of aromatic nitrogens is 1. The molecule has 2 aromatic rings. The number of hydrazone groups is 1. The highest BCUT2D eigenvalue weighted by Crippen LogP contribution is 2.09. The van der Waals surface area contributed by atoms with Gasteiger partial charge in [-0.1, -0.05) is 29.8 Å². The van der Waals surface area contributed by atoms with E-state index in [0.29, 0.717) is 6.54 Å². The van der Waals surface area contributed by atoms with Crippen molar-refractivity contribution in [2.75, 3.05) is 32.7 Å². The lowest BCUT2D eigenvalue weighted by molar-refractivity contribution is -0.122. The van der Waals surface area contributed by atoms with Gasteiger partial charge in [0, 0.05) is 50.7 Å². The van der Waals surface area contributed by atoms with Gasteiger partial charge in [-0.3, -0.25) is 19.6 Å². The Bertz CT molecular complexity index is 765. The van der Waals surface area contributed by atoms with Crippen LogP contribution in [-0.4, -0.2) is 59.1 Å². The minimum Gasteiger partial charge on any atom is -0.297 e. The summed E-state index contributed by atoms with van der Waals surface area (Å²) in [5.41, 5.74) is 7.01. The molecule has 0 aliphatic carbocycles. The number of amides is 1. The molecule has 142 valence electrons. The molecular weight excluding hydrogens is 338 g/mol. The van der Waals surface area contributed by atoms with Crippen molar-refractivity contribution in [3.05, 3.63) is 65.5 Å². The molecule has 6 nitrogen and oxygen atoms in total. The van der Waals surface area contributed by atoms with Crippen LogP contribution >= 0.6 is 0 Å². The summed E-state index contributed by atoms with van der Waals surface area (Å²) in [5.74, 6) is -0.0737. The van der Waals surface area contributed by atoms with Gasteiger partial charge in [-0.05, 0) is 31.5 Å². The maximum atomic E-state index is 12.2. The molecule has 1 N–H and O–H groups in total. The number of pyridine rings is 1. The average molecular weight is 365 g/mol. The number of carbonyl (C=O) groups excluding carboxylic acids is 1. The van der Waals surface area contributed by atoms with Gasteiger partial charge in [-0.25, -0.2) is 5.43 Å². The van der Waals surface area contributed by atoms with E-state index in [1.165, 1.54) is 11.1 Å². The highest BCUT2D eigenvalue weighted by Gasteiger charge is 2.18. The van der Waals surface area contributed by atoms with E-state index in [0.717, 1.165) is 44.0 Å². The molecule has 1 fully saturated rings. The summed E-state index contributed by atoms with van der Waals surface area (Å²) in [4.78, 5) is 20.8. The van der Waals surface area contributed by atoms with Gasteiger partial charge in [0.25, 0.3) is 5.91 Å². The molecule has 1 aliphatic rings. The van der Waals surface area contributed by atoms with Gasteiger partial charge >= 0.3 is 0 Å². The van der Waals surface area contributed by atoms with Crippen molar-refractivity contribution in [1.82, 2.24) is 20.2 Å². The molecule has 1 amide bonds. The Balaban J connectivity index is 1.41. The van der Waals surface area contributed by atoms with Crippen LogP contribution in [0.1, 0.15) is 23.6 Å². The average Bonchev–Trinajstić information content (AvgIpc) is 2.70. The Morgan fingerprint density at radius 1 is 1.04 bits per heavy atom. The molecule has 0 saturated carbocycles. The van der Waals surface area contributed by atoms with Crippen molar-refractivity contribution in [3.63, 3.8) is 0 Å². The molecule has 1 aromatic carbocycles. The minimum atomic E-state index is -0.0737. The highest BCUT2D eigenvalue weighted by atomic mass is 16.2. The molecule has 0 radical (unpaired) electrons. The maximum absolute atomic E-state index is 12.2. The fourth-order valence-corrected chi connectivity index (χ4v) is 3.10. The number of benzene rings is 1. The van der Waals surface area contributed by atoms with Gasteiger partial charge in [0.05, 0.1) is 12.3 Å². The number of nitrogens with zero attached hydrogens (tertiary/aromatic N) is 4. The number of rotatable bonds is 6. The molecule has 3 rings (SSSR count). The van der Waals surface area contributed by atoms with Crippen molar-refractivity contribution in [2.45, 2.75) is 20.4 Å². The zero-order valence-electron chi connectivity index (χ0n) is 16.1. The van der Waals surface area contributed by atoms with E-state index in [1.54, 1.807) is 12.4 Å². The summed E-state index contributed by atoms with van der Waals surface area (Å²) in [6, 6.07) is 12.4. The van der Waals surface area contributed by atoms with E-state index < -0.39 is 0 Å². The predicted octanol–water partition coefficient (Wildman–Crippen LogP) is 2.05. The molecule has 1 aliphatic heterocycles. The monoisotopic (exact) mass is 365 g/mol. The Kier molecular flexibility index (Phi) is 6.68. The zero-order valence-corrected chi connectivity index (χ0v) is 16.1. The van der Waals surface area contributed by atoms with E-state index in [9.17, 15) is 4.79 Å². The Morgan fingerprint density at radius 3 is 2.33 bits per heavy atom. The molecule has 1 saturated heterocycles. The van der Waals surface area contributed by atoms with Gasteiger partial charge in [0.2, 0.25) is 0 Å². The first-order valence-electron chi connectivity index (χ1n) is 9.34. The molecule has 1 aromatic heterocycles. The lowest BCUT2D eigenvalue weighted by Gasteiger charge is -2.34. The van der Waals surface area contributed by atoms with Crippen LogP contribution in [0.15, 0.2) is 53.9 Å². The van der Waals surface area contributed by atoms with Gasteiger partial charge in [-0.15, -0.1) is 0 Å². The molecule has 2 heterocycles. The van der Waals surface area contributed by atoms with Crippen molar-refractivity contribution < 1.29 is 4.79 Å². The summed E-state index contributed by atoms with van der Waals surface area (Å²) < 4.78 is 0. The molecule has 0 spiro atoms. The lowest BCUT2D eigenvalue weighted by Crippen LogP contribution is -2.48. The highest BCUT2D eigenvalue weighted by molar-refractivity contribution is 5.99. The number of aryl methyl sites for hydroxylation is 1. The van der Waals surface area contributed by atoms with Crippen LogP contribution in [0.4, 0.5) is 0 Å². The number of piperazine rings is 1. The van der Waals surface area contributed by atoms with E-state index in [-0.39, 0.29) is 5.91 Å². The van der Waals surface area contributed by atoms with Crippen LogP contribution < -0.4 is 5.43 Å². The second kappa shape index (κ2) is 9.39. The first-order chi connectivity index (χ1) is 13.1. The topological polar surface area (TPSA) is 60.8 Å². The van der Waals surface area contributed by atoms with E-state index in [1.807, 2.05) is 19.1 Å². The van der Waals surface area contributed by atoms with Gasteiger partial charge < -0.3 is 0 Å². The second-order valence-electron chi connectivity index (χ2n) is 7.01. The normalized spacial score (nSPS) is 16.3. The molecule has 0 bridgehead atoms. The smallest absolute Gasteiger partial charge is 0.254 e. The Labute approximate surface area is 160 Å². The Hall–Kier alpha value is -2.57. The van der Waals surface area contributed by atoms with Crippen LogP contribution in [0.3, 0.4) is 0 Å². The third-order valence-corrected chi connectivity index (χ3v) is 4.81. The number of hydrogen-bond acceptors (Lipinski definition) is 5. The minimum absolute atomic E-state index is 0.0737. The number of carbonyl (C=O) groups is 1.